The molecule has 2 rings (SSSR count). The highest BCUT2D eigenvalue weighted by molar-refractivity contribution is 7.90. The highest BCUT2D eigenvalue weighted by Gasteiger charge is 2.10. The van der Waals surface area contributed by atoms with Crippen LogP contribution in [0, 0.1) is 12.7 Å². The van der Waals surface area contributed by atoms with Crippen LogP contribution >= 0.6 is 0 Å². The maximum absolute atomic E-state index is 13.5. The molecule has 0 aliphatic rings. The molecule has 0 saturated heterocycles. The number of rotatable bonds is 6. The Morgan fingerprint density at radius 3 is 2.54 bits per heavy atom. The third-order valence-corrected chi connectivity index (χ3v) is 4.62. The summed E-state index contributed by atoms with van der Waals surface area (Å²) in [6, 6.07) is 10.9. The van der Waals surface area contributed by atoms with Crippen molar-refractivity contribution in [3.05, 3.63) is 59.4 Å². The summed E-state index contributed by atoms with van der Waals surface area (Å²) >= 11 is 0. The molecule has 2 aromatic carbocycles. The zero-order valence-electron chi connectivity index (χ0n) is 13.5. The first kappa shape index (κ1) is 17.9. The van der Waals surface area contributed by atoms with Crippen molar-refractivity contribution in [2.45, 2.75) is 18.4 Å². The van der Waals surface area contributed by atoms with Gasteiger partial charge in [-0.25, -0.2) is 12.8 Å². The normalized spacial score (nSPS) is 11.1. The van der Waals surface area contributed by atoms with Crippen LogP contribution in [0.15, 0.2) is 47.4 Å². The van der Waals surface area contributed by atoms with E-state index in [4.69, 9.17) is 0 Å². The first-order chi connectivity index (χ1) is 11.3. The summed E-state index contributed by atoms with van der Waals surface area (Å²) in [6.07, 6.45) is 1.13. The number of carbonyl (C=O) groups excluding carboxylic acids is 1. The fourth-order valence-corrected chi connectivity index (χ4v) is 2.74. The molecule has 7 heteroatoms. The van der Waals surface area contributed by atoms with Crippen molar-refractivity contribution in [1.29, 1.82) is 0 Å². The summed E-state index contributed by atoms with van der Waals surface area (Å²) in [5.74, 6) is -0.690. The molecule has 2 aromatic rings. The molecule has 0 atom stereocenters. The molecule has 0 unspecified atom stereocenters. The Balaban J connectivity index is 1.96. The van der Waals surface area contributed by atoms with Crippen molar-refractivity contribution < 1.29 is 17.6 Å². The van der Waals surface area contributed by atoms with Gasteiger partial charge in [0.1, 0.15) is 5.82 Å². The smallest absolute Gasteiger partial charge is 0.239 e. The number of aryl methyl sites for hydroxylation is 1. The van der Waals surface area contributed by atoms with Crippen LogP contribution in [0.4, 0.5) is 10.1 Å². The van der Waals surface area contributed by atoms with E-state index in [-0.39, 0.29) is 29.7 Å². The summed E-state index contributed by atoms with van der Waals surface area (Å²) in [4.78, 5) is 12.1. The van der Waals surface area contributed by atoms with Crippen molar-refractivity contribution in [2.24, 2.45) is 0 Å². The van der Waals surface area contributed by atoms with Crippen LogP contribution in [0.5, 0.6) is 0 Å². The molecule has 1 amide bonds. The number of benzene rings is 2. The molecule has 128 valence electrons. The monoisotopic (exact) mass is 350 g/mol. The van der Waals surface area contributed by atoms with Crippen LogP contribution in [0.25, 0.3) is 0 Å². The van der Waals surface area contributed by atoms with Gasteiger partial charge in [-0.3, -0.25) is 4.79 Å². The van der Waals surface area contributed by atoms with Gasteiger partial charge in [0.15, 0.2) is 9.84 Å². The number of nitrogens with one attached hydrogen (secondary N) is 2. The zero-order chi connectivity index (χ0) is 17.7. The van der Waals surface area contributed by atoms with Gasteiger partial charge in [0, 0.05) is 24.1 Å². The number of anilines is 1. The zero-order valence-corrected chi connectivity index (χ0v) is 14.3. The second-order valence-corrected chi connectivity index (χ2v) is 7.49. The Hall–Kier alpha value is -2.41. The van der Waals surface area contributed by atoms with Crippen molar-refractivity contribution in [2.75, 3.05) is 18.1 Å². The third kappa shape index (κ3) is 4.79. The summed E-state index contributed by atoms with van der Waals surface area (Å²) in [6.45, 7) is 1.86. The second-order valence-electron chi connectivity index (χ2n) is 5.47. The van der Waals surface area contributed by atoms with Crippen LogP contribution in [0.2, 0.25) is 0 Å². The van der Waals surface area contributed by atoms with Crippen molar-refractivity contribution in [1.82, 2.24) is 5.32 Å². The molecular formula is C17H19FN2O3S. The molecule has 0 radical (unpaired) electrons. The number of hydrogen-bond acceptors (Lipinski definition) is 4. The van der Waals surface area contributed by atoms with E-state index in [2.05, 4.69) is 10.6 Å². The maximum Gasteiger partial charge on any atom is 0.239 e. The largest absolute Gasteiger partial charge is 0.376 e. The van der Waals surface area contributed by atoms with Gasteiger partial charge in [0.25, 0.3) is 0 Å². The van der Waals surface area contributed by atoms with E-state index in [9.17, 15) is 17.6 Å². The quantitative estimate of drug-likeness (QED) is 0.838. The van der Waals surface area contributed by atoms with Crippen molar-refractivity contribution in [3.8, 4) is 0 Å². The van der Waals surface area contributed by atoms with Gasteiger partial charge < -0.3 is 10.6 Å². The first-order valence-corrected chi connectivity index (χ1v) is 9.21. The van der Waals surface area contributed by atoms with E-state index in [0.717, 1.165) is 11.8 Å². The van der Waals surface area contributed by atoms with Gasteiger partial charge in [-0.05, 0) is 30.7 Å². The lowest BCUT2D eigenvalue weighted by Gasteiger charge is -2.11. The SMILES string of the molecule is Cc1ccc(S(C)(=O)=O)cc1NCC(=O)NCc1ccccc1F. The lowest BCUT2D eigenvalue weighted by molar-refractivity contribution is -0.119. The minimum Gasteiger partial charge on any atom is -0.376 e. The Kier molecular flexibility index (Phi) is 5.56. The molecule has 0 bridgehead atoms. The van der Waals surface area contributed by atoms with Gasteiger partial charge in [0.05, 0.1) is 11.4 Å². The highest BCUT2D eigenvalue weighted by atomic mass is 32.2. The number of carbonyl (C=O) groups is 1. The van der Waals surface area contributed by atoms with Crippen LogP contribution in [0.1, 0.15) is 11.1 Å². The summed E-state index contributed by atoms with van der Waals surface area (Å²) in [5, 5.41) is 5.52. The van der Waals surface area contributed by atoms with Gasteiger partial charge in [-0.1, -0.05) is 24.3 Å². The molecule has 0 heterocycles. The standard InChI is InChI=1S/C17H19FN2O3S/c1-12-7-8-14(24(2,22)23)9-16(12)19-11-17(21)20-10-13-5-3-4-6-15(13)18/h3-9,19H,10-11H2,1-2H3,(H,20,21). The summed E-state index contributed by atoms with van der Waals surface area (Å²) in [7, 11) is -3.31. The van der Waals surface area contributed by atoms with Gasteiger partial charge in [0.2, 0.25) is 5.91 Å². The Bertz CT molecular complexity index is 851. The van der Waals surface area contributed by atoms with E-state index in [0.29, 0.717) is 11.3 Å². The van der Waals surface area contributed by atoms with E-state index in [1.54, 1.807) is 24.3 Å². The maximum atomic E-state index is 13.5. The average Bonchev–Trinajstić information content (AvgIpc) is 2.52. The van der Waals surface area contributed by atoms with Crippen LogP contribution in [-0.2, 0) is 21.2 Å². The van der Waals surface area contributed by atoms with Crippen molar-refractivity contribution in [3.63, 3.8) is 0 Å². The third-order valence-electron chi connectivity index (χ3n) is 3.51. The molecule has 0 aliphatic heterocycles. The highest BCUT2D eigenvalue weighted by Crippen LogP contribution is 2.19. The molecule has 0 spiro atoms. The molecule has 0 fully saturated rings. The second kappa shape index (κ2) is 7.44. The van der Waals surface area contributed by atoms with Crippen molar-refractivity contribution >= 4 is 21.4 Å². The van der Waals surface area contributed by atoms with Crippen LogP contribution in [0.3, 0.4) is 0 Å². The minimum absolute atomic E-state index is 0.0392. The predicted octanol–water partition coefficient (Wildman–Crippen LogP) is 2.27. The Morgan fingerprint density at radius 2 is 1.88 bits per heavy atom. The average molecular weight is 350 g/mol. The van der Waals surface area contributed by atoms with Crippen LogP contribution in [-0.4, -0.2) is 27.1 Å². The topological polar surface area (TPSA) is 75.3 Å². The predicted molar refractivity (Wildman–Crippen MR) is 91.0 cm³/mol. The molecule has 0 saturated carbocycles. The minimum atomic E-state index is -3.31. The van der Waals surface area contributed by atoms with Gasteiger partial charge in [-0.2, -0.15) is 0 Å². The molecule has 2 N–H and O–H groups in total. The first-order valence-electron chi connectivity index (χ1n) is 7.32. The lowest BCUT2D eigenvalue weighted by Crippen LogP contribution is -2.29. The van der Waals surface area contributed by atoms with Gasteiger partial charge in [-0.15, -0.1) is 0 Å². The molecule has 5 nitrogen and oxygen atoms in total. The molecule has 24 heavy (non-hydrogen) atoms. The van der Waals surface area contributed by atoms with Crippen LogP contribution < -0.4 is 10.6 Å². The van der Waals surface area contributed by atoms with E-state index < -0.39 is 9.84 Å². The van der Waals surface area contributed by atoms with E-state index in [1.165, 1.54) is 18.2 Å². The summed E-state index contributed by atoms with van der Waals surface area (Å²) in [5.41, 5.74) is 1.80. The number of halogens is 1. The molecule has 0 aliphatic carbocycles. The summed E-state index contributed by atoms with van der Waals surface area (Å²) < 4.78 is 36.6. The molecule has 0 aromatic heterocycles. The van der Waals surface area contributed by atoms with E-state index >= 15 is 0 Å². The lowest BCUT2D eigenvalue weighted by atomic mass is 10.2. The van der Waals surface area contributed by atoms with Gasteiger partial charge >= 0.3 is 0 Å². The Morgan fingerprint density at radius 1 is 1.17 bits per heavy atom. The Labute approximate surface area is 140 Å². The number of sulfone groups is 1. The fraction of sp³-hybridized carbons (Fsp3) is 0.235. The number of amides is 1. The molecular weight excluding hydrogens is 331 g/mol. The number of hydrogen-bond donors (Lipinski definition) is 2. The fourth-order valence-electron chi connectivity index (χ4n) is 2.10. The van der Waals surface area contributed by atoms with E-state index in [1.807, 2.05) is 6.92 Å².